The first-order chi connectivity index (χ1) is 7.15. The van der Waals surface area contributed by atoms with Crippen LogP contribution >= 0.6 is 0 Å². The van der Waals surface area contributed by atoms with Crippen molar-refractivity contribution in [3.05, 3.63) is 17.5 Å². The zero-order valence-corrected chi connectivity index (χ0v) is 9.41. The summed E-state index contributed by atoms with van der Waals surface area (Å²) in [5.41, 5.74) is 1.39. The molecule has 15 heavy (non-hydrogen) atoms. The van der Waals surface area contributed by atoms with Gasteiger partial charge in [0.15, 0.2) is 0 Å². The van der Waals surface area contributed by atoms with Crippen molar-refractivity contribution < 1.29 is 9.53 Å². The maximum absolute atomic E-state index is 11.6. The summed E-state index contributed by atoms with van der Waals surface area (Å²) in [7, 11) is 3.45. The summed E-state index contributed by atoms with van der Waals surface area (Å²) < 4.78 is 6.53. The molecule has 5 nitrogen and oxygen atoms in total. The predicted octanol–water partition coefficient (Wildman–Crippen LogP) is 0.495. The molecule has 84 valence electrons. The molecule has 0 unspecified atom stereocenters. The first-order valence-electron chi connectivity index (χ1n) is 4.92. The average molecular weight is 211 g/mol. The summed E-state index contributed by atoms with van der Waals surface area (Å²) in [6.07, 6.45) is 2.54. The first-order valence-corrected chi connectivity index (χ1v) is 4.92. The molecule has 1 heterocycles. The van der Waals surface area contributed by atoms with E-state index in [1.54, 1.807) is 25.0 Å². The second kappa shape index (κ2) is 5.50. The number of amides is 1. The van der Waals surface area contributed by atoms with Crippen molar-refractivity contribution in [1.29, 1.82) is 0 Å². The van der Waals surface area contributed by atoms with Gasteiger partial charge in [0.1, 0.15) is 0 Å². The number of rotatable bonds is 5. The highest BCUT2D eigenvalue weighted by molar-refractivity contribution is 5.94. The Morgan fingerprint density at radius 3 is 2.93 bits per heavy atom. The molecule has 0 aliphatic heterocycles. The molecule has 0 radical (unpaired) electrons. The third-order valence-corrected chi connectivity index (χ3v) is 2.07. The molecular weight excluding hydrogens is 194 g/mol. The quantitative estimate of drug-likeness (QED) is 0.721. The molecule has 0 aliphatic rings. The minimum absolute atomic E-state index is 0.0725. The van der Waals surface area contributed by atoms with Crippen LogP contribution < -0.4 is 5.32 Å². The molecule has 0 saturated carbocycles. The lowest BCUT2D eigenvalue weighted by atomic mass is 10.2. The van der Waals surface area contributed by atoms with Crippen LogP contribution in [0, 0.1) is 6.92 Å². The molecule has 0 aliphatic carbocycles. The van der Waals surface area contributed by atoms with E-state index in [0.717, 1.165) is 12.1 Å². The van der Waals surface area contributed by atoms with E-state index in [1.807, 2.05) is 6.92 Å². The van der Waals surface area contributed by atoms with Gasteiger partial charge in [0.2, 0.25) is 0 Å². The lowest BCUT2D eigenvalue weighted by Gasteiger charge is -2.03. The van der Waals surface area contributed by atoms with Gasteiger partial charge in [0, 0.05) is 33.5 Å². The van der Waals surface area contributed by atoms with Crippen molar-refractivity contribution in [2.24, 2.45) is 7.05 Å². The number of ether oxygens (including phenoxy) is 1. The van der Waals surface area contributed by atoms with Crippen molar-refractivity contribution in [3.63, 3.8) is 0 Å². The normalized spacial score (nSPS) is 10.3. The topological polar surface area (TPSA) is 56.1 Å². The Balaban J connectivity index is 2.43. The van der Waals surface area contributed by atoms with E-state index in [2.05, 4.69) is 10.4 Å². The standard InChI is InChI=1S/C10H17N3O2/c1-8-9(7-13(2)12-8)10(14)11-5-4-6-15-3/h7H,4-6H2,1-3H3,(H,11,14). The van der Waals surface area contributed by atoms with Crippen molar-refractivity contribution in [2.45, 2.75) is 13.3 Å². The fourth-order valence-electron chi connectivity index (χ4n) is 1.34. The van der Waals surface area contributed by atoms with E-state index in [4.69, 9.17) is 4.74 Å². The first kappa shape index (κ1) is 11.7. The summed E-state index contributed by atoms with van der Waals surface area (Å²) in [4.78, 5) is 11.6. The highest BCUT2D eigenvalue weighted by Crippen LogP contribution is 2.03. The third kappa shape index (κ3) is 3.36. The minimum atomic E-state index is -0.0725. The second-order valence-corrected chi connectivity index (χ2v) is 3.40. The monoisotopic (exact) mass is 211 g/mol. The van der Waals surface area contributed by atoms with Crippen LogP contribution in [0.3, 0.4) is 0 Å². The van der Waals surface area contributed by atoms with Crippen molar-refractivity contribution >= 4 is 5.91 Å². The Kier molecular flexibility index (Phi) is 4.30. The van der Waals surface area contributed by atoms with Crippen LogP contribution in [0.1, 0.15) is 22.5 Å². The molecular formula is C10H17N3O2. The van der Waals surface area contributed by atoms with Gasteiger partial charge in [-0.1, -0.05) is 0 Å². The zero-order valence-electron chi connectivity index (χ0n) is 9.41. The Hall–Kier alpha value is -1.36. The van der Waals surface area contributed by atoms with E-state index in [1.165, 1.54) is 0 Å². The van der Waals surface area contributed by atoms with Crippen molar-refractivity contribution in [2.75, 3.05) is 20.3 Å². The van der Waals surface area contributed by atoms with Crippen LogP contribution in [0.25, 0.3) is 0 Å². The molecule has 1 N–H and O–H groups in total. The molecule has 1 aromatic rings. The van der Waals surface area contributed by atoms with Gasteiger partial charge in [-0.2, -0.15) is 5.10 Å². The lowest BCUT2D eigenvalue weighted by Crippen LogP contribution is -2.25. The highest BCUT2D eigenvalue weighted by Gasteiger charge is 2.11. The smallest absolute Gasteiger partial charge is 0.254 e. The van der Waals surface area contributed by atoms with Crippen molar-refractivity contribution in [3.8, 4) is 0 Å². The average Bonchev–Trinajstić information content (AvgIpc) is 2.52. The molecule has 1 amide bonds. The summed E-state index contributed by atoms with van der Waals surface area (Å²) in [5, 5.41) is 6.92. The summed E-state index contributed by atoms with van der Waals surface area (Å²) in [6.45, 7) is 3.11. The minimum Gasteiger partial charge on any atom is -0.385 e. The number of nitrogens with zero attached hydrogens (tertiary/aromatic N) is 2. The Morgan fingerprint density at radius 2 is 2.40 bits per heavy atom. The highest BCUT2D eigenvalue weighted by atomic mass is 16.5. The van der Waals surface area contributed by atoms with E-state index >= 15 is 0 Å². The molecule has 0 aromatic carbocycles. The number of aromatic nitrogens is 2. The molecule has 0 fully saturated rings. The SMILES string of the molecule is COCCCNC(=O)c1cn(C)nc1C. The van der Waals surface area contributed by atoms with Crippen molar-refractivity contribution in [1.82, 2.24) is 15.1 Å². The van der Waals surface area contributed by atoms with Crippen LogP contribution in [-0.2, 0) is 11.8 Å². The molecule has 1 aromatic heterocycles. The number of carbonyl (C=O) groups excluding carboxylic acids is 1. The number of hydrogen-bond acceptors (Lipinski definition) is 3. The lowest BCUT2D eigenvalue weighted by molar-refractivity contribution is 0.0948. The number of nitrogens with one attached hydrogen (secondary N) is 1. The summed E-state index contributed by atoms with van der Waals surface area (Å²) >= 11 is 0. The van der Waals surface area contributed by atoms with Crippen LogP contribution in [0.5, 0.6) is 0 Å². The largest absolute Gasteiger partial charge is 0.385 e. The Morgan fingerprint density at radius 1 is 1.67 bits per heavy atom. The predicted molar refractivity (Wildman–Crippen MR) is 56.8 cm³/mol. The molecule has 1 rings (SSSR count). The number of carbonyl (C=O) groups is 1. The number of hydrogen-bond donors (Lipinski definition) is 1. The number of aryl methyl sites for hydroxylation is 2. The maximum Gasteiger partial charge on any atom is 0.254 e. The van der Waals surface area contributed by atoms with Gasteiger partial charge in [-0.25, -0.2) is 0 Å². The van der Waals surface area contributed by atoms with Gasteiger partial charge in [-0.05, 0) is 13.3 Å². The molecule has 5 heteroatoms. The van der Waals surface area contributed by atoms with Gasteiger partial charge in [0.05, 0.1) is 11.3 Å². The van der Waals surface area contributed by atoms with Gasteiger partial charge >= 0.3 is 0 Å². The third-order valence-electron chi connectivity index (χ3n) is 2.07. The molecule has 0 atom stereocenters. The van der Waals surface area contributed by atoms with Crippen LogP contribution in [-0.4, -0.2) is 35.9 Å². The molecule has 0 saturated heterocycles. The van der Waals surface area contributed by atoms with Gasteiger partial charge in [-0.15, -0.1) is 0 Å². The fraction of sp³-hybridized carbons (Fsp3) is 0.600. The molecule has 0 spiro atoms. The van der Waals surface area contributed by atoms with E-state index < -0.39 is 0 Å². The molecule has 0 bridgehead atoms. The van der Waals surface area contributed by atoms with Gasteiger partial charge in [-0.3, -0.25) is 9.48 Å². The Bertz CT molecular complexity index is 333. The van der Waals surface area contributed by atoms with Gasteiger partial charge < -0.3 is 10.1 Å². The van der Waals surface area contributed by atoms with Gasteiger partial charge in [0.25, 0.3) is 5.91 Å². The zero-order chi connectivity index (χ0) is 11.3. The van der Waals surface area contributed by atoms with Crippen LogP contribution in [0.15, 0.2) is 6.20 Å². The Labute approximate surface area is 89.4 Å². The second-order valence-electron chi connectivity index (χ2n) is 3.40. The van der Waals surface area contributed by atoms with E-state index in [9.17, 15) is 4.79 Å². The van der Waals surface area contributed by atoms with E-state index in [0.29, 0.717) is 18.7 Å². The van der Waals surface area contributed by atoms with Crippen LogP contribution in [0.2, 0.25) is 0 Å². The van der Waals surface area contributed by atoms with Crippen LogP contribution in [0.4, 0.5) is 0 Å². The summed E-state index contributed by atoms with van der Waals surface area (Å²) in [5.74, 6) is -0.0725. The summed E-state index contributed by atoms with van der Waals surface area (Å²) in [6, 6.07) is 0. The van der Waals surface area contributed by atoms with E-state index in [-0.39, 0.29) is 5.91 Å². The maximum atomic E-state index is 11.6. The fourth-order valence-corrected chi connectivity index (χ4v) is 1.34. The number of methoxy groups -OCH3 is 1.